The molecule has 10 heteroatoms. The first-order valence-electron chi connectivity index (χ1n) is 10.1. The number of ether oxygens (including phenoxy) is 2. The first kappa shape index (κ1) is 21.8. The second kappa shape index (κ2) is 8.96. The van der Waals surface area contributed by atoms with Crippen molar-refractivity contribution >= 4 is 28.6 Å². The smallest absolute Gasteiger partial charge is 0.341 e. The van der Waals surface area contributed by atoms with E-state index in [9.17, 15) is 4.79 Å². The highest BCUT2D eigenvalue weighted by Crippen LogP contribution is 2.29. The lowest BCUT2D eigenvalue weighted by Gasteiger charge is -2.07. The maximum Gasteiger partial charge on any atom is 0.341 e. The molecule has 9 nitrogen and oxygen atoms in total. The van der Waals surface area contributed by atoms with Crippen LogP contribution in [0.3, 0.4) is 0 Å². The summed E-state index contributed by atoms with van der Waals surface area (Å²) in [5.41, 5.74) is 4.26. The first-order valence-corrected chi connectivity index (χ1v) is 10.5. The predicted molar refractivity (Wildman–Crippen MR) is 119 cm³/mol. The van der Waals surface area contributed by atoms with Gasteiger partial charge in [-0.2, -0.15) is 5.10 Å². The van der Waals surface area contributed by atoms with Crippen LogP contribution in [0.15, 0.2) is 30.5 Å². The fourth-order valence-corrected chi connectivity index (χ4v) is 3.82. The van der Waals surface area contributed by atoms with Crippen LogP contribution in [-0.2, 0) is 17.8 Å². The molecule has 1 aromatic carbocycles. The summed E-state index contributed by atoms with van der Waals surface area (Å²) in [4.78, 5) is 16.6. The molecule has 0 aliphatic heterocycles. The third kappa shape index (κ3) is 4.03. The summed E-state index contributed by atoms with van der Waals surface area (Å²) >= 11 is 6.51. The topological polar surface area (TPSA) is 97.0 Å². The largest absolute Gasteiger partial charge is 0.497 e. The molecule has 0 fully saturated rings. The Labute approximate surface area is 189 Å². The first-order chi connectivity index (χ1) is 15.4. The lowest BCUT2D eigenvalue weighted by atomic mass is 10.2. The number of hydrogen-bond acceptors (Lipinski definition) is 7. The Morgan fingerprint density at radius 3 is 2.56 bits per heavy atom. The number of nitrogens with zero attached hydrogens (tertiary/aromatic N) is 6. The normalized spacial score (nSPS) is 11.2. The molecule has 0 aliphatic carbocycles. The fourth-order valence-electron chi connectivity index (χ4n) is 3.47. The van der Waals surface area contributed by atoms with Crippen LogP contribution in [-0.4, -0.2) is 49.4 Å². The third-order valence-corrected chi connectivity index (χ3v) is 5.63. The van der Waals surface area contributed by atoms with Crippen molar-refractivity contribution in [2.45, 2.75) is 33.9 Å². The molecule has 3 aromatic heterocycles. The number of halogens is 1. The number of carbonyl (C=O) groups is 1. The Hall–Kier alpha value is -3.46. The van der Waals surface area contributed by atoms with Gasteiger partial charge in [-0.1, -0.05) is 28.9 Å². The molecule has 0 aliphatic rings. The Balaban J connectivity index is 1.61. The summed E-state index contributed by atoms with van der Waals surface area (Å²) < 4.78 is 13.8. The fraction of sp³-hybridized carbons (Fsp3) is 0.318. The number of benzene rings is 1. The van der Waals surface area contributed by atoms with Crippen LogP contribution in [0.4, 0.5) is 0 Å². The number of fused-ring (bicyclic) bond motifs is 1. The van der Waals surface area contributed by atoms with E-state index >= 15 is 0 Å². The van der Waals surface area contributed by atoms with E-state index < -0.39 is 5.97 Å². The molecule has 32 heavy (non-hydrogen) atoms. The van der Waals surface area contributed by atoms with Gasteiger partial charge in [-0.05, 0) is 38.5 Å². The van der Waals surface area contributed by atoms with Crippen molar-refractivity contribution in [3.05, 3.63) is 63.7 Å². The number of hydrogen-bond donors (Lipinski definition) is 0. The summed E-state index contributed by atoms with van der Waals surface area (Å²) in [6.45, 7) is 6.77. The molecule has 0 saturated carbocycles. The summed E-state index contributed by atoms with van der Waals surface area (Å²) in [6, 6.07) is 7.83. The summed E-state index contributed by atoms with van der Waals surface area (Å²) in [5.74, 6) is 0.305. The highest BCUT2D eigenvalue weighted by atomic mass is 35.5. The predicted octanol–water partition coefficient (Wildman–Crippen LogP) is 3.57. The lowest BCUT2D eigenvalue weighted by molar-refractivity contribution is 0.0526. The monoisotopic (exact) mass is 454 g/mol. The van der Waals surface area contributed by atoms with Crippen LogP contribution in [0, 0.1) is 13.8 Å². The van der Waals surface area contributed by atoms with E-state index in [1.807, 2.05) is 42.8 Å². The molecule has 4 rings (SSSR count). The van der Waals surface area contributed by atoms with Crippen molar-refractivity contribution in [1.29, 1.82) is 0 Å². The standard InChI is InChI=1S/C22H23ClN6O3/c1-5-32-22(30)17-10-24-21-19(20(17)23)13(2)26-29(21)12-18-14(3)28(27-25-18)11-15-6-8-16(31-4)9-7-15/h6-10H,5,11-12H2,1-4H3. The van der Waals surface area contributed by atoms with E-state index in [-0.39, 0.29) is 17.2 Å². The van der Waals surface area contributed by atoms with Gasteiger partial charge in [-0.3, -0.25) is 0 Å². The molecule has 0 atom stereocenters. The molecule has 3 heterocycles. The maximum absolute atomic E-state index is 12.1. The van der Waals surface area contributed by atoms with Gasteiger partial charge in [0.2, 0.25) is 0 Å². The minimum Gasteiger partial charge on any atom is -0.497 e. The SMILES string of the molecule is CCOC(=O)c1cnc2c(c(C)nn2Cc2nnn(Cc3ccc(OC)cc3)c2C)c1Cl. The summed E-state index contributed by atoms with van der Waals surface area (Å²) in [5, 5.41) is 14.1. The average molecular weight is 455 g/mol. The van der Waals surface area contributed by atoms with Gasteiger partial charge in [-0.15, -0.1) is 5.10 Å². The van der Waals surface area contributed by atoms with Gasteiger partial charge in [-0.25, -0.2) is 19.1 Å². The van der Waals surface area contributed by atoms with E-state index in [0.717, 1.165) is 22.7 Å². The molecule has 0 unspecified atom stereocenters. The Bertz CT molecular complexity index is 1280. The van der Waals surface area contributed by atoms with Gasteiger partial charge < -0.3 is 9.47 Å². The van der Waals surface area contributed by atoms with E-state index in [1.54, 1.807) is 18.7 Å². The number of methoxy groups -OCH3 is 1. The van der Waals surface area contributed by atoms with Gasteiger partial charge in [0.25, 0.3) is 0 Å². The second-order valence-corrected chi connectivity index (χ2v) is 7.65. The van der Waals surface area contributed by atoms with E-state index in [4.69, 9.17) is 21.1 Å². The molecule has 0 radical (unpaired) electrons. The molecule has 0 spiro atoms. The average Bonchev–Trinajstić information content (AvgIpc) is 3.29. The zero-order chi connectivity index (χ0) is 22.8. The third-order valence-electron chi connectivity index (χ3n) is 5.24. The van der Waals surface area contributed by atoms with Crippen LogP contribution in [0.2, 0.25) is 5.02 Å². The molecular formula is C22H23ClN6O3. The second-order valence-electron chi connectivity index (χ2n) is 7.28. The van der Waals surface area contributed by atoms with Gasteiger partial charge in [0.05, 0.1) is 54.2 Å². The number of aryl methyl sites for hydroxylation is 1. The zero-order valence-electron chi connectivity index (χ0n) is 18.3. The molecule has 4 aromatic rings. The Morgan fingerprint density at radius 1 is 1.12 bits per heavy atom. The number of rotatable bonds is 7. The Kier molecular flexibility index (Phi) is 6.09. The molecule has 0 amide bonds. The van der Waals surface area contributed by atoms with Crippen molar-refractivity contribution in [3.8, 4) is 5.75 Å². The van der Waals surface area contributed by atoms with Crippen molar-refractivity contribution in [3.63, 3.8) is 0 Å². The van der Waals surface area contributed by atoms with Crippen molar-refractivity contribution in [2.24, 2.45) is 0 Å². The Morgan fingerprint density at radius 2 is 1.88 bits per heavy atom. The molecule has 0 bridgehead atoms. The minimum absolute atomic E-state index is 0.227. The number of aromatic nitrogens is 6. The van der Waals surface area contributed by atoms with E-state index in [2.05, 4.69) is 20.4 Å². The number of carbonyl (C=O) groups excluding carboxylic acids is 1. The van der Waals surface area contributed by atoms with Gasteiger partial charge in [0, 0.05) is 6.20 Å². The van der Waals surface area contributed by atoms with Gasteiger partial charge >= 0.3 is 5.97 Å². The zero-order valence-corrected chi connectivity index (χ0v) is 19.0. The molecule has 0 saturated heterocycles. The van der Waals surface area contributed by atoms with Crippen LogP contribution in [0.5, 0.6) is 5.75 Å². The van der Waals surface area contributed by atoms with Crippen LogP contribution in [0.25, 0.3) is 11.0 Å². The lowest BCUT2D eigenvalue weighted by Crippen LogP contribution is -2.08. The van der Waals surface area contributed by atoms with E-state index in [0.29, 0.717) is 29.8 Å². The van der Waals surface area contributed by atoms with Gasteiger partial charge in [0.1, 0.15) is 11.4 Å². The van der Waals surface area contributed by atoms with Crippen molar-refractivity contribution in [1.82, 2.24) is 29.8 Å². The highest BCUT2D eigenvalue weighted by Gasteiger charge is 2.21. The van der Waals surface area contributed by atoms with E-state index in [1.165, 1.54) is 6.20 Å². The molecule has 166 valence electrons. The van der Waals surface area contributed by atoms with Crippen LogP contribution in [0.1, 0.15) is 39.9 Å². The summed E-state index contributed by atoms with van der Waals surface area (Å²) in [6.07, 6.45) is 1.42. The molecular weight excluding hydrogens is 432 g/mol. The summed E-state index contributed by atoms with van der Waals surface area (Å²) in [7, 11) is 1.64. The van der Waals surface area contributed by atoms with Crippen LogP contribution < -0.4 is 4.74 Å². The van der Waals surface area contributed by atoms with Gasteiger partial charge in [0.15, 0.2) is 5.65 Å². The highest BCUT2D eigenvalue weighted by molar-refractivity contribution is 6.38. The molecule has 0 N–H and O–H groups in total. The maximum atomic E-state index is 12.1. The number of esters is 1. The van der Waals surface area contributed by atoms with Crippen LogP contribution >= 0.6 is 11.6 Å². The quantitative estimate of drug-likeness (QED) is 0.394. The number of pyridine rings is 1. The van der Waals surface area contributed by atoms with Crippen molar-refractivity contribution in [2.75, 3.05) is 13.7 Å². The minimum atomic E-state index is -0.503. The van der Waals surface area contributed by atoms with Crippen molar-refractivity contribution < 1.29 is 14.3 Å².